The van der Waals surface area contributed by atoms with E-state index in [1.807, 2.05) is 0 Å². The first kappa shape index (κ1) is 12.4. The molecule has 0 aromatic heterocycles. The molecule has 2 rings (SSSR count). The van der Waals surface area contributed by atoms with E-state index in [0.29, 0.717) is 6.17 Å². The summed E-state index contributed by atoms with van der Waals surface area (Å²) in [4.78, 5) is 0. The van der Waals surface area contributed by atoms with Crippen molar-refractivity contribution in [1.29, 1.82) is 0 Å². The Kier molecular flexibility index (Phi) is 3.91. The fourth-order valence-corrected chi connectivity index (χ4v) is 3.45. The Bertz CT molecular complexity index is 209. The SMILES string of the molecule is CC1CNC(C2CC(C)C(C)C(C)C2)NC1. The quantitative estimate of drug-likeness (QED) is 0.715. The Hall–Kier alpha value is -0.0800. The van der Waals surface area contributed by atoms with Crippen LogP contribution in [0, 0.1) is 29.6 Å². The first-order valence-corrected chi connectivity index (χ1v) is 7.04. The highest BCUT2D eigenvalue weighted by Gasteiger charge is 2.35. The van der Waals surface area contributed by atoms with E-state index < -0.39 is 0 Å². The van der Waals surface area contributed by atoms with Crippen molar-refractivity contribution >= 4 is 0 Å². The number of nitrogens with one attached hydrogen (secondary N) is 2. The van der Waals surface area contributed by atoms with Gasteiger partial charge >= 0.3 is 0 Å². The molecule has 2 aliphatic rings. The largest absolute Gasteiger partial charge is 0.301 e. The van der Waals surface area contributed by atoms with E-state index in [1.165, 1.54) is 25.9 Å². The molecule has 0 amide bonds. The monoisotopic (exact) mass is 224 g/mol. The van der Waals surface area contributed by atoms with Gasteiger partial charge in [0.15, 0.2) is 0 Å². The summed E-state index contributed by atoms with van der Waals surface area (Å²) >= 11 is 0. The van der Waals surface area contributed by atoms with Gasteiger partial charge < -0.3 is 10.6 Å². The molecule has 2 unspecified atom stereocenters. The molecule has 1 aliphatic carbocycles. The van der Waals surface area contributed by atoms with Crippen LogP contribution in [0.1, 0.15) is 40.5 Å². The molecule has 1 saturated carbocycles. The van der Waals surface area contributed by atoms with E-state index in [2.05, 4.69) is 38.3 Å². The maximum absolute atomic E-state index is 3.68. The molecule has 2 fully saturated rings. The van der Waals surface area contributed by atoms with Crippen LogP contribution in [0.4, 0.5) is 0 Å². The van der Waals surface area contributed by atoms with Crippen LogP contribution in [0.3, 0.4) is 0 Å². The van der Waals surface area contributed by atoms with Crippen LogP contribution < -0.4 is 10.6 Å². The lowest BCUT2D eigenvalue weighted by Gasteiger charge is -2.43. The van der Waals surface area contributed by atoms with Crippen molar-refractivity contribution in [2.45, 2.75) is 46.7 Å². The summed E-state index contributed by atoms with van der Waals surface area (Å²) in [5.74, 6) is 4.30. The van der Waals surface area contributed by atoms with Crippen molar-refractivity contribution in [3.05, 3.63) is 0 Å². The smallest absolute Gasteiger partial charge is 0.0601 e. The third-order valence-electron chi connectivity index (χ3n) is 4.99. The summed E-state index contributed by atoms with van der Waals surface area (Å²) in [6.45, 7) is 12.0. The van der Waals surface area contributed by atoms with Gasteiger partial charge in [-0.15, -0.1) is 0 Å². The highest BCUT2D eigenvalue weighted by atomic mass is 15.2. The van der Waals surface area contributed by atoms with Gasteiger partial charge in [-0.2, -0.15) is 0 Å². The zero-order chi connectivity index (χ0) is 11.7. The van der Waals surface area contributed by atoms with Crippen molar-refractivity contribution < 1.29 is 0 Å². The van der Waals surface area contributed by atoms with Crippen LogP contribution in [-0.4, -0.2) is 19.3 Å². The van der Waals surface area contributed by atoms with Gasteiger partial charge in [0.25, 0.3) is 0 Å². The van der Waals surface area contributed by atoms with Gasteiger partial charge in [0.2, 0.25) is 0 Å². The Labute approximate surface area is 101 Å². The summed E-state index contributed by atoms with van der Waals surface area (Å²) in [6.07, 6.45) is 3.36. The van der Waals surface area contributed by atoms with Crippen molar-refractivity contribution in [2.24, 2.45) is 29.6 Å². The lowest BCUT2D eigenvalue weighted by molar-refractivity contribution is 0.0933. The van der Waals surface area contributed by atoms with Crippen LogP contribution in [0.15, 0.2) is 0 Å². The van der Waals surface area contributed by atoms with Crippen molar-refractivity contribution in [1.82, 2.24) is 10.6 Å². The molecule has 0 aromatic rings. The molecule has 2 atom stereocenters. The van der Waals surface area contributed by atoms with Gasteiger partial charge in [0, 0.05) is 13.1 Å². The molecule has 1 heterocycles. The highest BCUT2D eigenvalue weighted by Crippen LogP contribution is 2.38. The Balaban J connectivity index is 1.90. The zero-order valence-corrected chi connectivity index (χ0v) is 11.3. The van der Waals surface area contributed by atoms with E-state index in [-0.39, 0.29) is 0 Å². The van der Waals surface area contributed by atoms with Gasteiger partial charge in [-0.3, -0.25) is 0 Å². The summed E-state index contributed by atoms with van der Waals surface area (Å²) in [6, 6.07) is 0. The van der Waals surface area contributed by atoms with E-state index in [9.17, 15) is 0 Å². The van der Waals surface area contributed by atoms with E-state index in [4.69, 9.17) is 0 Å². The maximum Gasteiger partial charge on any atom is 0.0601 e. The first-order chi connectivity index (χ1) is 7.58. The minimum atomic E-state index is 0.577. The average molecular weight is 224 g/mol. The van der Waals surface area contributed by atoms with Gasteiger partial charge in [0.05, 0.1) is 6.17 Å². The number of rotatable bonds is 1. The molecule has 1 saturated heterocycles. The van der Waals surface area contributed by atoms with Crippen LogP contribution in [0.2, 0.25) is 0 Å². The molecule has 2 heteroatoms. The molecule has 0 spiro atoms. The third kappa shape index (κ3) is 2.60. The Morgan fingerprint density at radius 3 is 1.81 bits per heavy atom. The molecule has 94 valence electrons. The summed E-state index contributed by atoms with van der Waals surface area (Å²) in [5, 5.41) is 7.37. The summed E-state index contributed by atoms with van der Waals surface area (Å²) in [5.41, 5.74) is 0. The van der Waals surface area contributed by atoms with Crippen molar-refractivity contribution in [3.8, 4) is 0 Å². The second-order valence-electron chi connectivity index (χ2n) is 6.44. The van der Waals surface area contributed by atoms with Gasteiger partial charge in [-0.25, -0.2) is 0 Å². The van der Waals surface area contributed by atoms with Crippen LogP contribution >= 0.6 is 0 Å². The zero-order valence-electron chi connectivity index (χ0n) is 11.3. The Morgan fingerprint density at radius 2 is 1.31 bits per heavy atom. The van der Waals surface area contributed by atoms with Crippen molar-refractivity contribution in [3.63, 3.8) is 0 Å². The first-order valence-electron chi connectivity index (χ1n) is 7.04. The van der Waals surface area contributed by atoms with Crippen LogP contribution in [0.5, 0.6) is 0 Å². The topological polar surface area (TPSA) is 24.1 Å². The lowest BCUT2D eigenvalue weighted by atomic mass is 9.69. The second kappa shape index (κ2) is 5.05. The molecule has 16 heavy (non-hydrogen) atoms. The van der Waals surface area contributed by atoms with Gasteiger partial charge in [0.1, 0.15) is 0 Å². The standard InChI is InChI=1S/C14H28N2/c1-9-7-15-14(16-8-9)13-5-10(2)12(4)11(3)6-13/h9-16H,5-8H2,1-4H3. The van der Waals surface area contributed by atoms with E-state index >= 15 is 0 Å². The van der Waals surface area contributed by atoms with Crippen LogP contribution in [-0.2, 0) is 0 Å². The van der Waals surface area contributed by atoms with Gasteiger partial charge in [-0.1, -0.05) is 27.7 Å². The van der Waals surface area contributed by atoms with Crippen molar-refractivity contribution in [2.75, 3.05) is 13.1 Å². The summed E-state index contributed by atoms with van der Waals surface area (Å²) < 4.78 is 0. The maximum atomic E-state index is 3.68. The molecule has 2 nitrogen and oxygen atoms in total. The molecular weight excluding hydrogens is 196 g/mol. The predicted octanol–water partition coefficient (Wildman–Crippen LogP) is 2.46. The minimum Gasteiger partial charge on any atom is -0.301 e. The molecular formula is C14H28N2. The molecule has 0 bridgehead atoms. The van der Waals surface area contributed by atoms with E-state index in [0.717, 1.165) is 29.6 Å². The number of hydrogen-bond acceptors (Lipinski definition) is 2. The Morgan fingerprint density at radius 1 is 0.812 bits per heavy atom. The molecule has 0 radical (unpaired) electrons. The second-order valence-corrected chi connectivity index (χ2v) is 6.44. The fourth-order valence-electron chi connectivity index (χ4n) is 3.45. The average Bonchev–Trinajstić information content (AvgIpc) is 2.26. The normalized spacial score (nSPS) is 50.2. The lowest BCUT2D eigenvalue weighted by Crippen LogP contribution is -2.57. The van der Waals surface area contributed by atoms with Gasteiger partial charge in [-0.05, 0) is 42.4 Å². The van der Waals surface area contributed by atoms with E-state index in [1.54, 1.807) is 0 Å². The fraction of sp³-hybridized carbons (Fsp3) is 1.00. The minimum absolute atomic E-state index is 0.577. The molecule has 2 N–H and O–H groups in total. The summed E-state index contributed by atoms with van der Waals surface area (Å²) in [7, 11) is 0. The predicted molar refractivity (Wildman–Crippen MR) is 69.2 cm³/mol. The van der Waals surface area contributed by atoms with Crippen LogP contribution in [0.25, 0.3) is 0 Å². The molecule has 0 aromatic carbocycles. The number of hydrogen-bond donors (Lipinski definition) is 2. The highest BCUT2D eigenvalue weighted by molar-refractivity contribution is 4.88. The third-order valence-corrected chi connectivity index (χ3v) is 4.99. The molecule has 1 aliphatic heterocycles.